The van der Waals surface area contributed by atoms with Crippen molar-refractivity contribution in [3.05, 3.63) is 11.4 Å². The van der Waals surface area contributed by atoms with Gasteiger partial charge < -0.3 is 0 Å². The van der Waals surface area contributed by atoms with Gasteiger partial charge in [-0.05, 0) is 17.4 Å². The molecule has 1 N–H and O–H groups in total. The van der Waals surface area contributed by atoms with Crippen molar-refractivity contribution in [1.82, 2.24) is 4.72 Å². The van der Waals surface area contributed by atoms with E-state index < -0.39 is 10.0 Å². The third kappa shape index (κ3) is 2.41. The third-order valence-corrected chi connectivity index (χ3v) is 5.22. The monoisotopic (exact) mass is 293 g/mol. The van der Waals surface area contributed by atoms with Crippen LogP contribution in [-0.2, 0) is 10.0 Å². The molecule has 0 aromatic carbocycles. The standard InChI is InChI=1S/C9H12ClN3O2S2/c1-6(2)5-11-9-12-17(14,15)8-7(13(9)10)3-4-16-8/h3-4,6H,5H2,1-2H3,(H,11,12). The zero-order chi connectivity index (χ0) is 12.6. The first-order valence-electron chi connectivity index (χ1n) is 5.02. The molecule has 5 nitrogen and oxygen atoms in total. The lowest BCUT2D eigenvalue weighted by Crippen LogP contribution is -2.44. The summed E-state index contributed by atoms with van der Waals surface area (Å²) in [6, 6.07) is 1.66. The van der Waals surface area contributed by atoms with Gasteiger partial charge in [-0.25, -0.2) is 17.6 Å². The van der Waals surface area contributed by atoms with E-state index >= 15 is 0 Å². The van der Waals surface area contributed by atoms with E-state index in [1.54, 1.807) is 11.4 Å². The summed E-state index contributed by atoms with van der Waals surface area (Å²) in [6.45, 7) is 4.51. The highest BCUT2D eigenvalue weighted by Crippen LogP contribution is 2.35. The molecule has 0 fully saturated rings. The van der Waals surface area contributed by atoms with Crippen LogP contribution < -0.4 is 9.14 Å². The number of fused-ring (bicyclic) bond motifs is 1. The van der Waals surface area contributed by atoms with Crippen LogP contribution in [0.5, 0.6) is 0 Å². The molecule has 2 heterocycles. The van der Waals surface area contributed by atoms with Gasteiger partial charge in [0, 0.05) is 18.3 Å². The predicted molar refractivity (Wildman–Crippen MR) is 70.1 cm³/mol. The van der Waals surface area contributed by atoms with Gasteiger partial charge in [0.2, 0.25) is 5.96 Å². The van der Waals surface area contributed by atoms with Crippen LogP contribution in [0.15, 0.2) is 20.6 Å². The largest absolute Gasteiger partial charge is 0.275 e. The van der Waals surface area contributed by atoms with Crippen molar-refractivity contribution in [2.24, 2.45) is 10.9 Å². The van der Waals surface area contributed by atoms with Gasteiger partial charge in [-0.2, -0.15) is 0 Å². The van der Waals surface area contributed by atoms with Crippen LogP contribution in [0.2, 0.25) is 0 Å². The molecule has 0 radical (unpaired) electrons. The molecule has 0 unspecified atom stereocenters. The molecule has 94 valence electrons. The van der Waals surface area contributed by atoms with Gasteiger partial charge in [0.05, 0.1) is 5.69 Å². The fourth-order valence-corrected chi connectivity index (χ4v) is 4.03. The van der Waals surface area contributed by atoms with Gasteiger partial charge in [-0.1, -0.05) is 13.8 Å². The summed E-state index contributed by atoms with van der Waals surface area (Å²) in [5, 5.41) is 1.69. The Balaban J connectivity index is 2.40. The van der Waals surface area contributed by atoms with Crippen molar-refractivity contribution >= 4 is 44.8 Å². The van der Waals surface area contributed by atoms with Gasteiger partial charge in [0.1, 0.15) is 0 Å². The Morgan fingerprint density at radius 3 is 2.94 bits per heavy atom. The first-order chi connectivity index (χ1) is 7.92. The number of guanidine groups is 1. The minimum absolute atomic E-state index is 0.159. The molecule has 0 saturated carbocycles. The lowest BCUT2D eigenvalue weighted by atomic mass is 10.2. The zero-order valence-corrected chi connectivity index (χ0v) is 11.7. The number of rotatable bonds is 2. The van der Waals surface area contributed by atoms with Gasteiger partial charge in [-0.15, -0.1) is 11.3 Å². The molecular formula is C9H12ClN3O2S2. The van der Waals surface area contributed by atoms with Crippen LogP contribution in [0.4, 0.5) is 5.69 Å². The number of anilines is 1. The lowest BCUT2D eigenvalue weighted by Gasteiger charge is -2.24. The van der Waals surface area contributed by atoms with E-state index in [1.807, 2.05) is 13.8 Å². The summed E-state index contributed by atoms with van der Waals surface area (Å²) in [5.74, 6) is 0.493. The molecule has 0 amide bonds. The van der Waals surface area contributed by atoms with Crippen molar-refractivity contribution in [2.45, 2.75) is 18.1 Å². The highest BCUT2D eigenvalue weighted by atomic mass is 35.5. The van der Waals surface area contributed by atoms with E-state index in [0.29, 0.717) is 18.2 Å². The molecule has 1 aromatic rings. The molecule has 0 bridgehead atoms. The molecule has 0 aliphatic carbocycles. The average Bonchev–Trinajstić information content (AvgIpc) is 2.71. The molecule has 1 aromatic heterocycles. The van der Waals surface area contributed by atoms with E-state index in [9.17, 15) is 8.42 Å². The predicted octanol–water partition coefficient (Wildman–Crippen LogP) is 2.01. The molecule has 0 atom stereocenters. The summed E-state index contributed by atoms with van der Waals surface area (Å²) in [6.07, 6.45) is 0. The van der Waals surface area contributed by atoms with E-state index in [0.717, 1.165) is 11.3 Å². The van der Waals surface area contributed by atoms with Crippen molar-refractivity contribution in [3.8, 4) is 0 Å². The second-order valence-electron chi connectivity index (χ2n) is 4.04. The normalized spacial score (nSPS) is 20.5. The van der Waals surface area contributed by atoms with E-state index in [1.165, 1.54) is 4.42 Å². The maximum atomic E-state index is 11.9. The fraction of sp³-hybridized carbons (Fsp3) is 0.444. The lowest BCUT2D eigenvalue weighted by molar-refractivity contribution is 0.592. The molecule has 2 rings (SSSR count). The van der Waals surface area contributed by atoms with E-state index in [4.69, 9.17) is 11.8 Å². The molecule has 0 saturated heterocycles. The summed E-state index contributed by atoms with van der Waals surface area (Å²) >= 11 is 7.18. The van der Waals surface area contributed by atoms with Crippen molar-refractivity contribution in [1.29, 1.82) is 0 Å². The minimum Gasteiger partial charge on any atom is -0.251 e. The summed E-state index contributed by atoms with van der Waals surface area (Å²) in [4.78, 5) is 4.16. The van der Waals surface area contributed by atoms with Crippen LogP contribution in [0.3, 0.4) is 0 Å². The van der Waals surface area contributed by atoms with E-state index in [2.05, 4.69) is 9.71 Å². The Hall–Kier alpha value is -0.790. The number of nitrogens with one attached hydrogen (secondary N) is 1. The molecular weight excluding hydrogens is 282 g/mol. The van der Waals surface area contributed by atoms with Gasteiger partial charge >= 0.3 is 0 Å². The molecule has 0 spiro atoms. The number of halogens is 1. The number of hydrogen-bond acceptors (Lipinski definition) is 4. The van der Waals surface area contributed by atoms with Crippen LogP contribution in [-0.4, -0.2) is 20.9 Å². The summed E-state index contributed by atoms with van der Waals surface area (Å²) in [5.41, 5.74) is 0.456. The Morgan fingerprint density at radius 1 is 1.59 bits per heavy atom. The Morgan fingerprint density at radius 2 is 2.29 bits per heavy atom. The number of thiophene rings is 1. The fourth-order valence-electron chi connectivity index (χ4n) is 1.32. The maximum Gasteiger partial charge on any atom is 0.275 e. The van der Waals surface area contributed by atoms with Crippen LogP contribution in [0, 0.1) is 5.92 Å². The Kier molecular flexibility index (Phi) is 3.33. The van der Waals surface area contributed by atoms with E-state index in [-0.39, 0.29) is 10.2 Å². The van der Waals surface area contributed by atoms with Gasteiger partial charge in [0.15, 0.2) is 4.21 Å². The average molecular weight is 294 g/mol. The Bertz CT molecular complexity index is 550. The number of aliphatic imine (C=N–C) groups is 1. The highest BCUT2D eigenvalue weighted by Gasteiger charge is 2.33. The second-order valence-corrected chi connectivity index (χ2v) is 7.17. The maximum absolute atomic E-state index is 11.9. The minimum atomic E-state index is -3.52. The first-order valence-corrected chi connectivity index (χ1v) is 7.72. The topological polar surface area (TPSA) is 61.8 Å². The first kappa shape index (κ1) is 12.7. The summed E-state index contributed by atoms with van der Waals surface area (Å²) in [7, 11) is -3.52. The number of sulfonamides is 1. The Labute approximate surface area is 109 Å². The molecule has 8 heteroatoms. The highest BCUT2D eigenvalue weighted by molar-refractivity contribution is 7.92. The second kappa shape index (κ2) is 4.47. The number of nitrogens with zero attached hydrogens (tertiary/aromatic N) is 2. The van der Waals surface area contributed by atoms with Crippen molar-refractivity contribution in [3.63, 3.8) is 0 Å². The van der Waals surface area contributed by atoms with Crippen molar-refractivity contribution < 1.29 is 8.42 Å². The SMILES string of the molecule is CC(C)CN=C1NS(=O)(=O)c2sccc2N1Cl. The third-order valence-electron chi connectivity index (χ3n) is 2.08. The van der Waals surface area contributed by atoms with Crippen molar-refractivity contribution in [2.75, 3.05) is 11.0 Å². The van der Waals surface area contributed by atoms with Crippen LogP contribution in [0.1, 0.15) is 13.8 Å². The smallest absolute Gasteiger partial charge is 0.251 e. The molecule has 1 aliphatic rings. The molecule has 17 heavy (non-hydrogen) atoms. The molecule has 1 aliphatic heterocycles. The van der Waals surface area contributed by atoms with Gasteiger partial charge in [-0.3, -0.25) is 4.99 Å². The zero-order valence-electron chi connectivity index (χ0n) is 9.34. The van der Waals surface area contributed by atoms with Crippen LogP contribution >= 0.6 is 23.1 Å². The van der Waals surface area contributed by atoms with Crippen LogP contribution in [0.25, 0.3) is 0 Å². The van der Waals surface area contributed by atoms with Gasteiger partial charge in [0.25, 0.3) is 10.0 Å². The summed E-state index contributed by atoms with van der Waals surface area (Å²) < 4.78 is 27.6. The number of hydrogen-bond donors (Lipinski definition) is 1. The quantitative estimate of drug-likeness (QED) is 0.849.